The Balaban J connectivity index is 1.63. The van der Waals surface area contributed by atoms with Crippen molar-refractivity contribution in [1.29, 1.82) is 0 Å². The van der Waals surface area contributed by atoms with Crippen LogP contribution < -0.4 is 0 Å². The van der Waals surface area contributed by atoms with Gasteiger partial charge in [-0.3, -0.25) is 4.55 Å². The molecule has 3 rings (SSSR count). The van der Waals surface area contributed by atoms with Gasteiger partial charge >= 0.3 is 10.4 Å². The van der Waals surface area contributed by atoms with E-state index in [0.29, 0.717) is 11.3 Å². The van der Waals surface area contributed by atoms with Crippen LogP contribution >= 0.6 is 0 Å². The first kappa shape index (κ1) is 19.8. The molecule has 2 heterocycles. The third-order valence-electron chi connectivity index (χ3n) is 4.16. The van der Waals surface area contributed by atoms with Gasteiger partial charge in [-0.2, -0.15) is 8.42 Å². The highest BCUT2D eigenvalue weighted by Crippen LogP contribution is 2.24. The molecular weight excluding hydrogens is 382 g/mol. The van der Waals surface area contributed by atoms with Crippen LogP contribution in [0.1, 0.15) is 17.4 Å². The Hall–Kier alpha value is -1.93. The van der Waals surface area contributed by atoms with Crippen LogP contribution in [0.25, 0.3) is 0 Å². The fourth-order valence-electron chi connectivity index (χ4n) is 2.79. The molecule has 1 aliphatic heterocycles. The lowest BCUT2D eigenvalue weighted by Crippen LogP contribution is -2.35. The second kappa shape index (κ2) is 7.98. The monoisotopic (exact) mass is 401 g/mol. The molecular formula is C15H19N3O8S. The van der Waals surface area contributed by atoms with Crippen molar-refractivity contribution in [2.24, 2.45) is 0 Å². The first-order valence-electron chi connectivity index (χ1n) is 8.01. The average Bonchev–Trinajstić information content (AvgIpc) is 3.20. The molecule has 4 N–H and O–H groups in total. The molecule has 0 spiro atoms. The number of aliphatic hydroxyl groups excluding tert-OH is 3. The normalized spacial score (nSPS) is 27.0. The van der Waals surface area contributed by atoms with Crippen molar-refractivity contribution in [3.05, 3.63) is 47.8 Å². The lowest BCUT2D eigenvalue weighted by atomic mass is 10.1. The summed E-state index contributed by atoms with van der Waals surface area (Å²) in [4.78, 5) is 0. The molecule has 0 amide bonds. The van der Waals surface area contributed by atoms with Gasteiger partial charge in [-0.05, 0) is 5.56 Å². The molecule has 0 aliphatic carbocycles. The lowest BCUT2D eigenvalue weighted by Gasteiger charge is -2.13. The van der Waals surface area contributed by atoms with Gasteiger partial charge in [0.1, 0.15) is 36.2 Å². The van der Waals surface area contributed by atoms with E-state index in [-0.39, 0.29) is 6.54 Å². The number of aromatic nitrogens is 3. The minimum atomic E-state index is -4.69. The second-order valence-electron chi connectivity index (χ2n) is 6.09. The van der Waals surface area contributed by atoms with Crippen LogP contribution in [0, 0.1) is 0 Å². The maximum atomic E-state index is 10.6. The van der Waals surface area contributed by atoms with E-state index >= 15 is 0 Å². The number of hydrogen-bond acceptors (Lipinski definition) is 9. The summed E-state index contributed by atoms with van der Waals surface area (Å²) in [6.45, 7) is -0.655. The summed E-state index contributed by atoms with van der Waals surface area (Å²) in [7, 11) is -4.69. The minimum absolute atomic E-state index is 0.00485. The Morgan fingerprint density at radius 3 is 2.52 bits per heavy atom. The minimum Gasteiger partial charge on any atom is -0.388 e. The Labute approximate surface area is 154 Å². The zero-order valence-corrected chi connectivity index (χ0v) is 14.8. The zero-order chi connectivity index (χ0) is 19.6. The number of benzene rings is 1. The molecule has 1 aromatic heterocycles. The third-order valence-corrected chi connectivity index (χ3v) is 4.60. The molecule has 1 saturated heterocycles. The first-order valence-corrected chi connectivity index (χ1v) is 9.37. The van der Waals surface area contributed by atoms with E-state index in [1.807, 2.05) is 6.07 Å². The summed E-state index contributed by atoms with van der Waals surface area (Å²) in [5.74, 6) is 0. The summed E-state index contributed by atoms with van der Waals surface area (Å²) < 4.78 is 40.7. The second-order valence-corrected chi connectivity index (χ2v) is 7.18. The lowest BCUT2D eigenvalue weighted by molar-refractivity contribution is -0.0230. The molecule has 27 heavy (non-hydrogen) atoms. The molecule has 1 fully saturated rings. The number of nitrogens with zero attached hydrogens (tertiary/aromatic N) is 3. The fraction of sp³-hybridized carbons (Fsp3) is 0.467. The molecule has 1 aromatic carbocycles. The number of hydrogen-bond donors (Lipinski definition) is 4. The van der Waals surface area contributed by atoms with Crippen molar-refractivity contribution in [1.82, 2.24) is 15.0 Å². The van der Waals surface area contributed by atoms with Crippen LogP contribution in [-0.4, -0.2) is 74.3 Å². The van der Waals surface area contributed by atoms with E-state index in [1.54, 1.807) is 24.3 Å². The number of ether oxygens (including phenoxy) is 1. The number of aliphatic hydroxyl groups is 3. The Kier molecular flexibility index (Phi) is 5.86. The van der Waals surface area contributed by atoms with Crippen molar-refractivity contribution >= 4 is 10.4 Å². The smallest absolute Gasteiger partial charge is 0.388 e. The molecule has 12 heteroatoms. The van der Waals surface area contributed by atoms with Crippen molar-refractivity contribution in [2.45, 2.75) is 37.1 Å². The van der Waals surface area contributed by atoms with Crippen LogP contribution in [0.2, 0.25) is 0 Å². The van der Waals surface area contributed by atoms with Crippen LogP contribution in [0.3, 0.4) is 0 Å². The van der Waals surface area contributed by atoms with E-state index in [1.165, 1.54) is 10.9 Å². The van der Waals surface area contributed by atoms with E-state index in [4.69, 9.17) is 9.29 Å². The molecule has 11 nitrogen and oxygen atoms in total. The van der Waals surface area contributed by atoms with Crippen LogP contribution in [0.15, 0.2) is 36.5 Å². The van der Waals surface area contributed by atoms with Gasteiger partial charge in [0.25, 0.3) is 0 Å². The summed E-state index contributed by atoms with van der Waals surface area (Å²) in [6, 6.07) is 8.86. The van der Waals surface area contributed by atoms with Crippen LogP contribution in [0.5, 0.6) is 0 Å². The predicted molar refractivity (Wildman–Crippen MR) is 88.7 cm³/mol. The molecule has 0 bridgehead atoms. The molecule has 1 unspecified atom stereocenters. The molecule has 0 saturated carbocycles. The molecule has 148 valence electrons. The van der Waals surface area contributed by atoms with Gasteiger partial charge in [-0.15, -0.1) is 5.10 Å². The molecule has 1 aliphatic rings. The number of rotatable bonds is 7. The van der Waals surface area contributed by atoms with Crippen LogP contribution in [0.4, 0.5) is 0 Å². The van der Waals surface area contributed by atoms with Gasteiger partial charge in [0.2, 0.25) is 0 Å². The van der Waals surface area contributed by atoms with E-state index in [9.17, 15) is 23.7 Å². The molecule has 0 radical (unpaired) electrons. The summed E-state index contributed by atoms with van der Waals surface area (Å²) >= 11 is 0. The Morgan fingerprint density at radius 2 is 1.85 bits per heavy atom. The Bertz CT molecular complexity index is 859. The fourth-order valence-corrected chi connectivity index (χ4v) is 3.09. The maximum absolute atomic E-state index is 10.6. The van der Waals surface area contributed by atoms with Gasteiger partial charge in [0.15, 0.2) is 0 Å². The van der Waals surface area contributed by atoms with Gasteiger partial charge in [0, 0.05) is 0 Å². The summed E-state index contributed by atoms with van der Waals surface area (Å²) in [5.41, 5.74) is 0.931. The highest BCUT2D eigenvalue weighted by molar-refractivity contribution is 7.80. The van der Waals surface area contributed by atoms with Crippen LogP contribution in [-0.2, 0) is 25.9 Å². The van der Waals surface area contributed by atoms with Crippen molar-refractivity contribution in [2.75, 3.05) is 6.61 Å². The van der Waals surface area contributed by atoms with E-state index in [0.717, 1.165) is 0 Å². The van der Waals surface area contributed by atoms with Crippen molar-refractivity contribution in [3.8, 4) is 0 Å². The third kappa shape index (κ3) is 4.87. The maximum Gasteiger partial charge on any atom is 0.397 e. The van der Waals surface area contributed by atoms with E-state index < -0.39 is 47.5 Å². The molecule has 2 aromatic rings. The summed E-state index contributed by atoms with van der Waals surface area (Å²) in [6.07, 6.45) is -4.30. The predicted octanol–water partition coefficient (Wildman–Crippen LogP) is -1.33. The highest BCUT2D eigenvalue weighted by atomic mass is 32.3. The molecule has 5 atom stereocenters. The highest BCUT2D eigenvalue weighted by Gasteiger charge is 2.43. The first-order chi connectivity index (χ1) is 12.7. The average molecular weight is 401 g/mol. The SMILES string of the molecule is O=S(=O)(O)OC[C@H]1O[C@@H](Cn2cc(C(O)c3ccccc3)nn2)[C@@H](O)[C@@H]1O. The van der Waals surface area contributed by atoms with Gasteiger partial charge in [0.05, 0.1) is 19.3 Å². The zero-order valence-electron chi connectivity index (χ0n) is 13.9. The van der Waals surface area contributed by atoms with Gasteiger partial charge < -0.3 is 20.1 Å². The largest absolute Gasteiger partial charge is 0.397 e. The van der Waals surface area contributed by atoms with Crippen molar-refractivity contribution in [3.63, 3.8) is 0 Å². The topological polar surface area (TPSA) is 164 Å². The Morgan fingerprint density at radius 1 is 1.19 bits per heavy atom. The quantitative estimate of drug-likeness (QED) is 0.408. The van der Waals surface area contributed by atoms with Gasteiger partial charge in [-0.25, -0.2) is 8.86 Å². The van der Waals surface area contributed by atoms with E-state index in [2.05, 4.69) is 14.5 Å². The van der Waals surface area contributed by atoms with Gasteiger partial charge in [-0.1, -0.05) is 35.5 Å². The standard InChI is InChI=1S/C15H19N3O8S/c19-13(9-4-2-1-3-5-9)10-6-18(17-16-10)7-11-14(20)15(21)12(26-11)8-25-27(22,23)24/h1-6,11-15,19-21H,7-8H2,(H,22,23,24)/t11-,12+,13?,14+,15+/m0/s1. The summed E-state index contributed by atoms with van der Waals surface area (Å²) in [5, 5.41) is 38.1. The van der Waals surface area contributed by atoms with Crippen molar-refractivity contribution < 1.29 is 37.2 Å².